The number of carbonyl (C=O) groups excluding carboxylic acids is 2. The number of fused-ring (bicyclic) bond motifs is 2. The monoisotopic (exact) mass is 720 g/mol. The van der Waals surface area contributed by atoms with Gasteiger partial charge in [0.1, 0.15) is 22.7 Å². The van der Waals surface area contributed by atoms with Crippen molar-refractivity contribution in [3.8, 4) is 34.3 Å². The molecule has 0 unspecified atom stereocenters. The van der Waals surface area contributed by atoms with E-state index in [4.69, 9.17) is 20.9 Å². The summed E-state index contributed by atoms with van der Waals surface area (Å²) in [7, 11) is 2.38. The van der Waals surface area contributed by atoms with Gasteiger partial charge in [-0.05, 0) is 48.5 Å². The molecule has 2 heterocycles. The normalized spacial score (nSPS) is 11.3. The minimum Gasteiger partial charge on any atom is -0.494 e. The van der Waals surface area contributed by atoms with Crippen LogP contribution < -0.4 is 20.9 Å². The van der Waals surface area contributed by atoms with Crippen molar-refractivity contribution in [2.24, 2.45) is 11.5 Å². The van der Waals surface area contributed by atoms with Gasteiger partial charge in [0.25, 0.3) is 11.8 Å². The Morgan fingerprint density at radius 2 is 0.962 bits per heavy atom. The van der Waals surface area contributed by atoms with Gasteiger partial charge in [-0.25, -0.2) is 37.1 Å². The summed E-state index contributed by atoms with van der Waals surface area (Å²) in [6, 6.07) is 8.11. The molecule has 0 fully saturated rings. The maximum Gasteiger partial charge on any atom is 0.336 e. The number of amides is 2. The summed E-state index contributed by atoms with van der Waals surface area (Å²) in [6.07, 6.45) is 0. The van der Waals surface area contributed by atoms with Crippen LogP contribution in [0.25, 0.3) is 44.8 Å². The topological polar surface area (TPSA) is 215 Å². The summed E-state index contributed by atoms with van der Waals surface area (Å²) in [5, 5.41) is 19.9. The van der Waals surface area contributed by atoms with E-state index < -0.39 is 80.9 Å². The number of carboxylic acid groups (broad SMARTS) is 2. The number of aromatic carboxylic acids is 2. The molecule has 6 N–H and O–H groups in total. The number of aromatic nitrogens is 4. The molecule has 2 aromatic heterocycles. The molecule has 6 aromatic rings. The largest absolute Gasteiger partial charge is 0.494 e. The summed E-state index contributed by atoms with van der Waals surface area (Å²) in [4.78, 5) is 57.7. The quantitative estimate of drug-likeness (QED) is 0.137. The number of imidazole rings is 2. The highest BCUT2D eigenvalue weighted by molar-refractivity contribution is 6.04. The molecule has 0 bridgehead atoms. The second-order valence-corrected chi connectivity index (χ2v) is 11.1. The van der Waals surface area contributed by atoms with Gasteiger partial charge in [-0.1, -0.05) is 0 Å². The van der Waals surface area contributed by atoms with E-state index in [-0.39, 0.29) is 57.8 Å². The molecule has 0 spiro atoms. The Morgan fingerprint density at radius 3 is 1.27 bits per heavy atom. The van der Waals surface area contributed by atoms with Crippen LogP contribution in [0.15, 0.2) is 48.5 Å². The first-order valence-corrected chi connectivity index (χ1v) is 14.9. The molecule has 6 rings (SSSR count). The van der Waals surface area contributed by atoms with Crippen molar-refractivity contribution in [3.63, 3.8) is 0 Å². The van der Waals surface area contributed by atoms with Crippen LogP contribution in [0.5, 0.6) is 11.5 Å². The number of methoxy groups -OCH3 is 2. The molecule has 0 aliphatic heterocycles. The Labute approximate surface area is 288 Å². The lowest BCUT2D eigenvalue weighted by Gasteiger charge is -2.16. The Morgan fingerprint density at radius 1 is 0.615 bits per heavy atom. The number of aryl methyl sites for hydroxylation is 2. The molecule has 52 heavy (non-hydrogen) atoms. The molecule has 0 radical (unpaired) electrons. The van der Waals surface area contributed by atoms with Gasteiger partial charge in [0.15, 0.2) is 34.8 Å². The number of halogens is 4. The van der Waals surface area contributed by atoms with Crippen LogP contribution in [-0.4, -0.2) is 67.3 Å². The van der Waals surface area contributed by atoms with E-state index >= 15 is 8.78 Å². The number of nitrogens with two attached hydrogens (primary N) is 2. The average molecular weight is 721 g/mol. The van der Waals surface area contributed by atoms with Gasteiger partial charge in [-0.3, -0.25) is 9.59 Å². The minimum atomic E-state index is -1.64. The number of ether oxygens (including phenoxy) is 2. The van der Waals surface area contributed by atoms with E-state index in [9.17, 15) is 38.2 Å². The third kappa shape index (κ3) is 5.45. The van der Waals surface area contributed by atoms with Crippen LogP contribution >= 0.6 is 0 Å². The lowest BCUT2D eigenvalue weighted by molar-refractivity contribution is 0.0686. The molecular formula is C34H24F4N6O8. The van der Waals surface area contributed by atoms with Gasteiger partial charge in [0.2, 0.25) is 0 Å². The molecule has 18 heteroatoms. The first-order valence-electron chi connectivity index (χ1n) is 14.9. The maximum atomic E-state index is 15.6. The third-order valence-corrected chi connectivity index (χ3v) is 8.33. The molecule has 0 saturated carbocycles. The second kappa shape index (κ2) is 13.0. The van der Waals surface area contributed by atoms with Crippen molar-refractivity contribution in [2.75, 3.05) is 14.2 Å². The molecule has 14 nitrogen and oxygen atoms in total. The van der Waals surface area contributed by atoms with Crippen molar-refractivity contribution in [2.45, 2.75) is 13.1 Å². The number of carbonyl (C=O) groups is 4. The molecule has 4 aromatic carbocycles. The number of primary amides is 2. The van der Waals surface area contributed by atoms with E-state index in [2.05, 4.69) is 9.97 Å². The Hall–Kier alpha value is -6.98. The number of nitrogens with zero attached hydrogens (tertiary/aromatic N) is 4. The highest BCUT2D eigenvalue weighted by Crippen LogP contribution is 2.39. The molecule has 0 saturated heterocycles. The zero-order chi connectivity index (χ0) is 37.8. The number of hydrogen-bond acceptors (Lipinski definition) is 8. The highest BCUT2D eigenvalue weighted by atomic mass is 19.2. The SMILES string of the molecule is COc1c(C(N)=O)ccc2c1nc(-c1c(C(=O)O)ccc(F)c1F)n2CCn1c(-c2c(C(=O)O)ccc(F)c2F)nc2c(OC)c(C(N)=O)ccc21. The van der Waals surface area contributed by atoms with Crippen LogP contribution in [-0.2, 0) is 13.1 Å². The number of hydrogen-bond donors (Lipinski definition) is 4. The Bertz CT molecular complexity index is 2360. The van der Waals surface area contributed by atoms with E-state index in [0.717, 1.165) is 12.1 Å². The Kier molecular flexibility index (Phi) is 8.75. The van der Waals surface area contributed by atoms with Crippen LogP contribution in [0.3, 0.4) is 0 Å². The fourth-order valence-electron chi connectivity index (χ4n) is 6.06. The van der Waals surface area contributed by atoms with E-state index in [0.29, 0.717) is 12.1 Å². The van der Waals surface area contributed by atoms with Crippen LogP contribution in [0.1, 0.15) is 41.4 Å². The van der Waals surface area contributed by atoms with Crippen LogP contribution in [0.2, 0.25) is 0 Å². The third-order valence-electron chi connectivity index (χ3n) is 8.33. The maximum absolute atomic E-state index is 15.6. The molecule has 0 aliphatic rings. The molecule has 0 aliphatic carbocycles. The van der Waals surface area contributed by atoms with Crippen LogP contribution in [0, 0.1) is 23.3 Å². The zero-order valence-electron chi connectivity index (χ0n) is 26.8. The van der Waals surface area contributed by atoms with Crippen LogP contribution in [0.4, 0.5) is 17.6 Å². The lowest BCUT2D eigenvalue weighted by atomic mass is 10.1. The number of benzene rings is 4. The van der Waals surface area contributed by atoms with Gasteiger partial charge in [0.05, 0.1) is 58.6 Å². The highest BCUT2D eigenvalue weighted by Gasteiger charge is 2.30. The average Bonchev–Trinajstić information content (AvgIpc) is 3.65. The zero-order valence-corrected chi connectivity index (χ0v) is 26.8. The summed E-state index contributed by atoms with van der Waals surface area (Å²) < 4.78 is 73.9. The Balaban J connectivity index is 1.68. The number of carboxylic acids is 2. The summed E-state index contributed by atoms with van der Waals surface area (Å²) in [5.74, 6) is -12.4. The van der Waals surface area contributed by atoms with Crippen molar-refractivity contribution < 1.29 is 56.4 Å². The molecular weight excluding hydrogens is 696 g/mol. The predicted molar refractivity (Wildman–Crippen MR) is 174 cm³/mol. The molecule has 2 amide bonds. The molecule has 0 atom stereocenters. The van der Waals surface area contributed by atoms with E-state index in [1.54, 1.807) is 0 Å². The lowest BCUT2D eigenvalue weighted by Crippen LogP contribution is -2.14. The summed E-state index contributed by atoms with van der Waals surface area (Å²) >= 11 is 0. The molecule has 266 valence electrons. The fraction of sp³-hybridized carbons (Fsp3) is 0.118. The van der Waals surface area contributed by atoms with Gasteiger partial charge in [-0.2, -0.15) is 0 Å². The first-order chi connectivity index (χ1) is 24.7. The van der Waals surface area contributed by atoms with E-state index in [1.807, 2.05) is 0 Å². The van der Waals surface area contributed by atoms with Gasteiger partial charge >= 0.3 is 11.9 Å². The van der Waals surface area contributed by atoms with Gasteiger partial charge in [-0.15, -0.1) is 0 Å². The first kappa shape index (κ1) is 34.9. The second-order valence-electron chi connectivity index (χ2n) is 11.1. The fourth-order valence-corrected chi connectivity index (χ4v) is 6.06. The van der Waals surface area contributed by atoms with Crippen molar-refractivity contribution in [1.29, 1.82) is 0 Å². The van der Waals surface area contributed by atoms with Gasteiger partial charge < -0.3 is 40.3 Å². The van der Waals surface area contributed by atoms with Gasteiger partial charge in [0, 0.05) is 13.1 Å². The minimum absolute atomic E-state index is 0.0968. The standard InChI is InChI=1S/C34H24F4N6O8/c1-51-27-15(29(39)45)5-9-19-25(27)41-31(21-13(33(47)48)3-7-17(35)23(21)37)43(19)11-12-44-20-10-6-16(30(40)46)28(52-2)26(20)42-32(44)22-14(34(49)50)4-8-18(36)24(22)38/h3-10H,11-12H2,1-2H3,(H2,39,45)(H2,40,46)(H,47,48)(H,49,50). The van der Waals surface area contributed by atoms with Crippen molar-refractivity contribution in [1.82, 2.24) is 19.1 Å². The predicted octanol–water partition coefficient (Wildman–Crippen LogP) is 4.59. The summed E-state index contributed by atoms with van der Waals surface area (Å²) in [5.41, 5.74) is 7.78. The van der Waals surface area contributed by atoms with Crippen molar-refractivity contribution in [3.05, 3.63) is 94.1 Å². The van der Waals surface area contributed by atoms with Crippen molar-refractivity contribution >= 4 is 45.8 Å². The summed E-state index contributed by atoms with van der Waals surface area (Å²) in [6.45, 7) is -0.727. The number of rotatable bonds is 11. The smallest absolute Gasteiger partial charge is 0.336 e. The van der Waals surface area contributed by atoms with E-state index in [1.165, 1.54) is 47.6 Å².